The second-order valence-electron chi connectivity index (χ2n) is 2.86. The highest BCUT2D eigenvalue weighted by molar-refractivity contribution is 5.38. The maximum absolute atomic E-state index is 5.58. The third-order valence-electron chi connectivity index (χ3n) is 1.77. The van der Waals surface area contributed by atoms with E-state index in [9.17, 15) is 0 Å². The molecular weight excluding hydrogens is 148 g/mol. The minimum absolute atomic E-state index is 0.339. The SMILES string of the molecule is C#CC[C@@H](C)c1cncc(N)c1. The van der Waals surface area contributed by atoms with Gasteiger partial charge in [0.2, 0.25) is 0 Å². The Bertz CT molecular complexity index is 299. The Kier molecular flexibility index (Phi) is 2.71. The molecule has 0 aliphatic carbocycles. The van der Waals surface area contributed by atoms with Crippen molar-refractivity contribution >= 4 is 5.69 Å². The summed E-state index contributed by atoms with van der Waals surface area (Å²) in [7, 11) is 0. The number of anilines is 1. The number of rotatable bonds is 2. The number of pyridine rings is 1. The number of hydrogen-bond acceptors (Lipinski definition) is 2. The van der Waals surface area contributed by atoms with E-state index in [4.69, 9.17) is 12.2 Å². The lowest BCUT2D eigenvalue weighted by Gasteiger charge is -2.07. The molecule has 0 saturated carbocycles. The van der Waals surface area contributed by atoms with E-state index in [-0.39, 0.29) is 0 Å². The Morgan fingerprint density at radius 1 is 1.67 bits per heavy atom. The number of terminal acetylenes is 1. The summed E-state index contributed by atoms with van der Waals surface area (Å²) in [6, 6.07) is 1.91. The van der Waals surface area contributed by atoms with Crippen LogP contribution in [0.25, 0.3) is 0 Å². The van der Waals surface area contributed by atoms with Gasteiger partial charge in [-0.2, -0.15) is 0 Å². The molecule has 1 aromatic rings. The topological polar surface area (TPSA) is 38.9 Å². The Morgan fingerprint density at radius 3 is 3.00 bits per heavy atom. The lowest BCUT2D eigenvalue weighted by molar-refractivity contribution is 0.791. The van der Waals surface area contributed by atoms with Crippen molar-refractivity contribution < 1.29 is 0 Å². The van der Waals surface area contributed by atoms with Crippen molar-refractivity contribution in [2.24, 2.45) is 0 Å². The molecule has 1 atom stereocenters. The van der Waals surface area contributed by atoms with E-state index in [2.05, 4.69) is 17.8 Å². The maximum Gasteiger partial charge on any atom is 0.0503 e. The molecule has 1 heterocycles. The summed E-state index contributed by atoms with van der Waals surface area (Å²) in [5, 5.41) is 0. The van der Waals surface area contributed by atoms with E-state index in [1.54, 1.807) is 12.4 Å². The zero-order valence-electron chi connectivity index (χ0n) is 7.12. The van der Waals surface area contributed by atoms with E-state index in [0.717, 1.165) is 12.0 Å². The number of nitrogen functional groups attached to an aromatic ring is 1. The van der Waals surface area contributed by atoms with Gasteiger partial charge in [0, 0.05) is 18.8 Å². The van der Waals surface area contributed by atoms with Gasteiger partial charge < -0.3 is 5.73 Å². The first kappa shape index (κ1) is 8.61. The van der Waals surface area contributed by atoms with Gasteiger partial charge in [-0.05, 0) is 17.5 Å². The Labute approximate surface area is 72.8 Å². The van der Waals surface area contributed by atoms with Gasteiger partial charge in [-0.3, -0.25) is 4.98 Å². The van der Waals surface area contributed by atoms with Gasteiger partial charge in [-0.1, -0.05) is 6.92 Å². The normalized spacial score (nSPS) is 12.0. The molecule has 0 bridgehead atoms. The second kappa shape index (κ2) is 3.77. The Balaban J connectivity index is 2.82. The standard InChI is InChI=1S/C10H12N2/c1-3-4-8(2)9-5-10(11)7-12-6-9/h1,5-8H,4,11H2,2H3/t8-/m1/s1. The van der Waals surface area contributed by atoms with Crippen molar-refractivity contribution in [3.8, 4) is 12.3 Å². The second-order valence-corrected chi connectivity index (χ2v) is 2.86. The van der Waals surface area contributed by atoms with E-state index in [1.807, 2.05) is 6.07 Å². The van der Waals surface area contributed by atoms with Gasteiger partial charge in [-0.25, -0.2) is 0 Å². The number of nitrogens with two attached hydrogens (primary N) is 1. The van der Waals surface area contributed by atoms with Gasteiger partial charge in [0.05, 0.1) is 5.69 Å². The Hall–Kier alpha value is -1.49. The van der Waals surface area contributed by atoms with Crippen molar-refractivity contribution in [3.63, 3.8) is 0 Å². The van der Waals surface area contributed by atoms with Crippen LogP contribution in [0.4, 0.5) is 5.69 Å². The fraction of sp³-hybridized carbons (Fsp3) is 0.300. The highest BCUT2D eigenvalue weighted by Crippen LogP contribution is 2.18. The smallest absolute Gasteiger partial charge is 0.0503 e. The molecule has 0 radical (unpaired) electrons. The maximum atomic E-state index is 5.58. The van der Waals surface area contributed by atoms with E-state index in [1.165, 1.54) is 0 Å². The molecular formula is C10H12N2. The van der Waals surface area contributed by atoms with Crippen LogP contribution in [0.1, 0.15) is 24.8 Å². The molecule has 0 saturated heterocycles. The first-order chi connectivity index (χ1) is 5.74. The molecule has 0 aliphatic rings. The summed E-state index contributed by atoms with van der Waals surface area (Å²) in [5.74, 6) is 2.96. The van der Waals surface area contributed by atoms with Crippen molar-refractivity contribution in [1.29, 1.82) is 0 Å². The number of nitrogens with zero attached hydrogens (tertiary/aromatic N) is 1. The summed E-state index contributed by atoms with van der Waals surface area (Å²) in [5.41, 5.74) is 7.37. The van der Waals surface area contributed by atoms with Crippen LogP contribution >= 0.6 is 0 Å². The molecule has 2 N–H and O–H groups in total. The molecule has 1 rings (SSSR count). The quantitative estimate of drug-likeness (QED) is 0.670. The van der Waals surface area contributed by atoms with E-state index < -0.39 is 0 Å². The van der Waals surface area contributed by atoms with Gasteiger partial charge in [-0.15, -0.1) is 12.3 Å². The van der Waals surface area contributed by atoms with Crippen molar-refractivity contribution in [2.45, 2.75) is 19.3 Å². The van der Waals surface area contributed by atoms with Gasteiger partial charge >= 0.3 is 0 Å². The summed E-state index contributed by atoms with van der Waals surface area (Å²) in [6.07, 6.45) is 9.37. The first-order valence-corrected chi connectivity index (χ1v) is 3.88. The van der Waals surface area contributed by atoms with E-state index in [0.29, 0.717) is 11.6 Å². The molecule has 2 heteroatoms. The predicted molar refractivity (Wildman–Crippen MR) is 50.5 cm³/mol. The zero-order chi connectivity index (χ0) is 8.97. The van der Waals surface area contributed by atoms with Gasteiger partial charge in [0.15, 0.2) is 0 Å². The van der Waals surface area contributed by atoms with Crippen LogP contribution in [0.5, 0.6) is 0 Å². The lowest BCUT2D eigenvalue weighted by Crippen LogP contribution is -1.95. The van der Waals surface area contributed by atoms with Crippen LogP contribution in [0.3, 0.4) is 0 Å². The van der Waals surface area contributed by atoms with Crippen LogP contribution in [-0.4, -0.2) is 4.98 Å². The molecule has 0 aliphatic heterocycles. The number of aromatic nitrogens is 1. The predicted octanol–water partition coefficient (Wildman–Crippen LogP) is 1.79. The van der Waals surface area contributed by atoms with Crippen LogP contribution in [-0.2, 0) is 0 Å². The molecule has 12 heavy (non-hydrogen) atoms. The molecule has 0 unspecified atom stereocenters. The molecule has 62 valence electrons. The van der Waals surface area contributed by atoms with Crippen molar-refractivity contribution in [3.05, 3.63) is 24.0 Å². The lowest BCUT2D eigenvalue weighted by atomic mass is 10.00. The van der Waals surface area contributed by atoms with Crippen LogP contribution in [0.15, 0.2) is 18.5 Å². The molecule has 0 spiro atoms. The fourth-order valence-corrected chi connectivity index (χ4v) is 1.04. The monoisotopic (exact) mass is 160 g/mol. The number of hydrogen-bond donors (Lipinski definition) is 1. The molecule has 0 amide bonds. The minimum Gasteiger partial charge on any atom is -0.397 e. The van der Waals surface area contributed by atoms with Crippen LogP contribution < -0.4 is 5.73 Å². The van der Waals surface area contributed by atoms with E-state index >= 15 is 0 Å². The van der Waals surface area contributed by atoms with Crippen LogP contribution in [0.2, 0.25) is 0 Å². The Morgan fingerprint density at radius 2 is 2.42 bits per heavy atom. The van der Waals surface area contributed by atoms with Crippen LogP contribution in [0, 0.1) is 12.3 Å². The molecule has 2 nitrogen and oxygen atoms in total. The first-order valence-electron chi connectivity index (χ1n) is 3.88. The zero-order valence-corrected chi connectivity index (χ0v) is 7.12. The average molecular weight is 160 g/mol. The summed E-state index contributed by atoms with van der Waals surface area (Å²) in [6.45, 7) is 2.07. The largest absolute Gasteiger partial charge is 0.397 e. The van der Waals surface area contributed by atoms with Crippen molar-refractivity contribution in [1.82, 2.24) is 4.98 Å². The van der Waals surface area contributed by atoms with Gasteiger partial charge in [0.25, 0.3) is 0 Å². The summed E-state index contributed by atoms with van der Waals surface area (Å²) in [4.78, 5) is 3.99. The third kappa shape index (κ3) is 2.00. The summed E-state index contributed by atoms with van der Waals surface area (Å²) < 4.78 is 0. The molecule has 0 aromatic carbocycles. The van der Waals surface area contributed by atoms with Crippen molar-refractivity contribution in [2.75, 3.05) is 5.73 Å². The molecule has 1 aromatic heterocycles. The average Bonchev–Trinajstić information content (AvgIpc) is 2.05. The highest BCUT2D eigenvalue weighted by Gasteiger charge is 2.03. The summed E-state index contributed by atoms with van der Waals surface area (Å²) >= 11 is 0. The van der Waals surface area contributed by atoms with Gasteiger partial charge in [0.1, 0.15) is 0 Å². The third-order valence-corrected chi connectivity index (χ3v) is 1.77. The minimum atomic E-state index is 0.339. The fourth-order valence-electron chi connectivity index (χ4n) is 1.04. The molecule has 0 fully saturated rings. The highest BCUT2D eigenvalue weighted by atomic mass is 14.7.